The maximum atomic E-state index is 12.4. The van der Waals surface area contributed by atoms with Gasteiger partial charge in [0.15, 0.2) is 0 Å². The number of H-pyrrole nitrogens is 1. The molecule has 0 bridgehead atoms. The molecule has 0 aliphatic carbocycles. The first-order valence-corrected chi connectivity index (χ1v) is 7.53. The van der Waals surface area contributed by atoms with Crippen molar-refractivity contribution in [1.29, 1.82) is 0 Å². The van der Waals surface area contributed by atoms with Gasteiger partial charge in [0.05, 0.1) is 24.5 Å². The third-order valence-electron chi connectivity index (χ3n) is 3.95. The van der Waals surface area contributed by atoms with Gasteiger partial charge in [-0.05, 0) is 19.3 Å². The van der Waals surface area contributed by atoms with E-state index >= 15 is 0 Å². The lowest BCUT2D eigenvalue weighted by Crippen LogP contribution is -2.46. The van der Waals surface area contributed by atoms with Gasteiger partial charge in [0, 0.05) is 30.2 Å². The fraction of sp³-hybridized carbons (Fsp3) is 0.562. The average molecular weight is 303 g/mol. The van der Waals surface area contributed by atoms with Crippen LogP contribution < -0.4 is 5.32 Å². The van der Waals surface area contributed by atoms with E-state index in [0.717, 1.165) is 17.0 Å². The molecule has 2 heterocycles. The smallest absolute Gasteiger partial charge is 0.224 e. The number of amides is 1. The minimum Gasteiger partial charge on any atom is -0.351 e. The number of nitrogens with one attached hydrogen (secondary N) is 2. The quantitative estimate of drug-likeness (QED) is 0.887. The number of aromatic amines is 1. The Morgan fingerprint density at radius 3 is 2.64 bits per heavy atom. The lowest BCUT2D eigenvalue weighted by atomic mass is 9.86. The van der Waals surface area contributed by atoms with Crippen LogP contribution in [-0.2, 0) is 17.8 Å². The second-order valence-corrected chi connectivity index (χ2v) is 6.83. The maximum absolute atomic E-state index is 12.4. The van der Waals surface area contributed by atoms with E-state index in [1.54, 1.807) is 12.5 Å². The van der Waals surface area contributed by atoms with E-state index in [4.69, 9.17) is 0 Å². The van der Waals surface area contributed by atoms with Crippen LogP contribution in [-0.4, -0.2) is 31.7 Å². The van der Waals surface area contributed by atoms with Crippen molar-refractivity contribution in [3.8, 4) is 0 Å². The Morgan fingerprint density at radius 1 is 1.41 bits per heavy atom. The van der Waals surface area contributed by atoms with Gasteiger partial charge in [0.2, 0.25) is 5.91 Å². The minimum absolute atomic E-state index is 0.0210. The average Bonchev–Trinajstić information content (AvgIpc) is 3.02. The monoisotopic (exact) mass is 303 g/mol. The zero-order valence-corrected chi connectivity index (χ0v) is 14.0. The predicted octanol–water partition coefficient (Wildman–Crippen LogP) is 2.00. The highest BCUT2D eigenvalue weighted by Gasteiger charge is 2.27. The normalized spacial score (nSPS) is 13.1. The number of rotatable bonds is 5. The van der Waals surface area contributed by atoms with Crippen LogP contribution in [0.3, 0.4) is 0 Å². The van der Waals surface area contributed by atoms with Crippen LogP contribution in [0.2, 0.25) is 0 Å². The molecule has 1 amide bonds. The second-order valence-electron chi connectivity index (χ2n) is 6.83. The molecule has 0 unspecified atom stereocenters. The van der Waals surface area contributed by atoms with Crippen LogP contribution >= 0.6 is 0 Å². The number of hydrogen-bond donors (Lipinski definition) is 2. The topological polar surface area (TPSA) is 75.6 Å². The van der Waals surface area contributed by atoms with Crippen molar-refractivity contribution in [2.45, 2.75) is 53.6 Å². The van der Waals surface area contributed by atoms with Gasteiger partial charge >= 0.3 is 0 Å². The Bertz CT molecular complexity index is 602. The number of hydrogen-bond acceptors (Lipinski definition) is 3. The molecule has 2 rings (SSSR count). The largest absolute Gasteiger partial charge is 0.351 e. The van der Waals surface area contributed by atoms with Crippen LogP contribution in [0.25, 0.3) is 0 Å². The predicted molar refractivity (Wildman–Crippen MR) is 85.4 cm³/mol. The molecule has 0 spiro atoms. The van der Waals surface area contributed by atoms with E-state index in [1.807, 2.05) is 24.6 Å². The number of nitrogens with zero attached hydrogens (tertiary/aromatic N) is 3. The SMILES string of the molecule is Cc1n[nH]c(C)c1CC(=O)N[C@H](Cn1ccnc1)C(C)(C)C. The third-order valence-corrected chi connectivity index (χ3v) is 3.95. The standard InChI is InChI=1S/C16H25N5O/c1-11-13(12(2)20-19-11)8-15(22)18-14(16(3,4)5)9-21-7-6-17-10-21/h6-7,10,14H,8-9H2,1-5H3,(H,18,22)(H,19,20)/t14-/m1/s1. The molecule has 22 heavy (non-hydrogen) atoms. The fourth-order valence-electron chi connectivity index (χ4n) is 2.38. The Balaban J connectivity index is 2.05. The Labute approximate surface area is 131 Å². The molecule has 0 aromatic carbocycles. The van der Waals surface area contributed by atoms with Gasteiger partial charge in [-0.2, -0.15) is 5.10 Å². The zero-order valence-electron chi connectivity index (χ0n) is 14.0. The summed E-state index contributed by atoms with van der Waals surface area (Å²) < 4.78 is 1.99. The van der Waals surface area contributed by atoms with Gasteiger partial charge in [-0.1, -0.05) is 20.8 Å². The molecule has 2 aromatic heterocycles. The molecular formula is C16H25N5O. The fourth-order valence-corrected chi connectivity index (χ4v) is 2.38. The first-order valence-electron chi connectivity index (χ1n) is 7.53. The molecular weight excluding hydrogens is 278 g/mol. The van der Waals surface area contributed by atoms with Gasteiger partial charge < -0.3 is 9.88 Å². The minimum atomic E-state index is -0.0413. The first-order chi connectivity index (χ1) is 10.3. The molecule has 0 fully saturated rings. The highest BCUT2D eigenvalue weighted by Crippen LogP contribution is 2.21. The Kier molecular flexibility index (Phi) is 4.68. The summed E-state index contributed by atoms with van der Waals surface area (Å²) in [6.45, 7) is 10.9. The van der Waals surface area contributed by atoms with E-state index in [9.17, 15) is 4.79 Å². The summed E-state index contributed by atoms with van der Waals surface area (Å²) in [5.41, 5.74) is 2.78. The summed E-state index contributed by atoms with van der Waals surface area (Å²) in [5, 5.41) is 10.2. The van der Waals surface area contributed by atoms with Crippen molar-refractivity contribution >= 4 is 5.91 Å². The Morgan fingerprint density at radius 2 is 2.14 bits per heavy atom. The number of aromatic nitrogens is 4. The molecule has 0 aliphatic rings. The summed E-state index contributed by atoms with van der Waals surface area (Å²) in [7, 11) is 0. The van der Waals surface area contributed by atoms with Crippen molar-refractivity contribution in [1.82, 2.24) is 25.1 Å². The lowest BCUT2D eigenvalue weighted by molar-refractivity contribution is -0.122. The molecule has 0 saturated carbocycles. The maximum Gasteiger partial charge on any atom is 0.224 e. The van der Waals surface area contributed by atoms with Gasteiger partial charge in [-0.15, -0.1) is 0 Å². The zero-order chi connectivity index (χ0) is 16.3. The summed E-state index contributed by atoms with van der Waals surface area (Å²) in [5.74, 6) is 0.0210. The van der Waals surface area contributed by atoms with Crippen LogP contribution in [0.15, 0.2) is 18.7 Å². The molecule has 1 atom stereocenters. The van der Waals surface area contributed by atoms with Crippen LogP contribution in [0.1, 0.15) is 37.7 Å². The highest BCUT2D eigenvalue weighted by atomic mass is 16.1. The van der Waals surface area contributed by atoms with Gasteiger partial charge in [0.1, 0.15) is 0 Å². The molecule has 2 N–H and O–H groups in total. The lowest BCUT2D eigenvalue weighted by Gasteiger charge is -2.31. The second kappa shape index (κ2) is 6.34. The van der Waals surface area contributed by atoms with Crippen LogP contribution in [0.4, 0.5) is 0 Å². The van der Waals surface area contributed by atoms with Crippen LogP contribution in [0.5, 0.6) is 0 Å². The van der Waals surface area contributed by atoms with E-state index in [1.165, 1.54) is 0 Å². The molecule has 6 nitrogen and oxygen atoms in total. The van der Waals surface area contributed by atoms with Crippen molar-refractivity contribution in [3.05, 3.63) is 35.7 Å². The van der Waals surface area contributed by atoms with E-state index < -0.39 is 0 Å². The Hall–Kier alpha value is -2.11. The van der Waals surface area contributed by atoms with Gasteiger partial charge in [-0.3, -0.25) is 9.89 Å². The summed E-state index contributed by atoms with van der Waals surface area (Å²) in [6.07, 6.45) is 5.79. The summed E-state index contributed by atoms with van der Waals surface area (Å²) in [6, 6.07) is 0.0294. The summed E-state index contributed by atoms with van der Waals surface area (Å²) >= 11 is 0. The van der Waals surface area contributed by atoms with E-state index in [-0.39, 0.29) is 17.4 Å². The number of carbonyl (C=O) groups is 1. The molecule has 0 aliphatic heterocycles. The third kappa shape index (κ3) is 3.96. The molecule has 6 heteroatoms. The van der Waals surface area contributed by atoms with Crippen molar-refractivity contribution in [2.24, 2.45) is 5.41 Å². The summed E-state index contributed by atoms with van der Waals surface area (Å²) in [4.78, 5) is 16.5. The molecule has 2 aromatic rings. The first kappa shape index (κ1) is 16.3. The van der Waals surface area contributed by atoms with Crippen molar-refractivity contribution in [3.63, 3.8) is 0 Å². The van der Waals surface area contributed by atoms with E-state index in [2.05, 4.69) is 41.3 Å². The van der Waals surface area contributed by atoms with Gasteiger partial charge in [-0.25, -0.2) is 4.98 Å². The molecule has 120 valence electrons. The highest BCUT2D eigenvalue weighted by molar-refractivity contribution is 5.79. The van der Waals surface area contributed by atoms with Crippen LogP contribution in [0, 0.1) is 19.3 Å². The van der Waals surface area contributed by atoms with Gasteiger partial charge in [0.25, 0.3) is 0 Å². The van der Waals surface area contributed by atoms with Crippen molar-refractivity contribution < 1.29 is 4.79 Å². The number of imidazole rings is 1. The molecule has 0 saturated heterocycles. The van der Waals surface area contributed by atoms with E-state index in [0.29, 0.717) is 13.0 Å². The molecule has 0 radical (unpaired) electrons. The number of aryl methyl sites for hydroxylation is 2. The number of carbonyl (C=O) groups excluding carboxylic acids is 1. The van der Waals surface area contributed by atoms with Crippen molar-refractivity contribution in [2.75, 3.05) is 0 Å².